The molecule has 0 aliphatic carbocycles. The normalized spacial score (nSPS) is 12.0. The number of rotatable bonds is 7. The first-order chi connectivity index (χ1) is 13.5. The highest BCUT2D eigenvalue weighted by Gasteiger charge is 2.19. The Kier molecular flexibility index (Phi) is 6.36. The van der Waals surface area contributed by atoms with Gasteiger partial charge in [-0.15, -0.1) is 10.2 Å². The van der Waals surface area contributed by atoms with Crippen LogP contribution in [0, 0.1) is 0 Å². The van der Waals surface area contributed by atoms with Crippen molar-refractivity contribution in [3.63, 3.8) is 0 Å². The smallest absolute Gasteiger partial charge is 0.237 e. The summed E-state index contributed by atoms with van der Waals surface area (Å²) in [5.74, 6) is 1.13. The molecule has 0 radical (unpaired) electrons. The molecule has 7 heteroatoms. The van der Waals surface area contributed by atoms with Gasteiger partial charge in [0.25, 0.3) is 0 Å². The highest BCUT2D eigenvalue weighted by molar-refractivity contribution is 8.00. The Hall–Kier alpha value is -2.80. The van der Waals surface area contributed by atoms with Crippen LogP contribution in [0.3, 0.4) is 0 Å². The molecule has 0 saturated heterocycles. The monoisotopic (exact) mass is 396 g/mol. The number of ether oxygens (including phenoxy) is 1. The Labute approximate surface area is 169 Å². The zero-order valence-corrected chi connectivity index (χ0v) is 17.2. The molecule has 1 N–H and O–H groups in total. The minimum Gasteiger partial charge on any atom is -0.497 e. The van der Waals surface area contributed by atoms with E-state index in [4.69, 9.17) is 4.74 Å². The molecular formula is C21H24N4O2S. The number of methoxy groups -OCH3 is 1. The zero-order chi connectivity index (χ0) is 20.1. The van der Waals surface area contributed by atoms with E-state index in [1.807, 2.05) is 60.0 Å². The molecule has 1 heterocycles. The van der Waals surface area contributed by atoms with E-state index in [2.05, 4.69) is 29.4 Å². The summed E-state index contributed by atoms with van der Waals surface area (Å²) >= 11 is 1.36. The molecule has 1 aromatic heterocycles. The number of nitrogens with zero attached hydrogens (tertiary/aromatic N) is 3. The van der Waals surface area contributed by atoms with Gasteiger partial charge in [-0.25, -0.2) is 0 Å². The number of carbonyl (C=O) groups is 1. The summed E-state index contributed by atoms with van der Waals surface area (Å²) in [5.41, 5.74) is 2.91. The van der Waals surface area contributed by atoms with Gasteiger partial charge in [-0.3, -0.25) is 9.36 Å². The Balaban J connectivity index is 1.68. The van der Waals surface area contributed by atoms with E-state index in [0.29, 0.717) is 11.1 Å². The fraction of sp³-hybridized carbons (Fsp3) is 0.286. The van der Waals surface area contributed by atoms with Gasteiger partial charge in [0.15, 0.2) is 5.16 Å². The van der Waals surface area contributed by atoms with E-state index >= 15 is 0 Å². The molecule has 0 bridgehead atoms. The van der Waals surface area contributed by atoms with Crippen molar-refractivity contribution in [3.8, 4) is 11.4 Å². The molecule has 1 amide bonds. The van der Waals surface area contributed by atoms with Gasteiger partial charge in [0.05, 0.1) is 18.0 Å². The lowest BCUT2D eigenvalue weighted by molar-refractivity contribution is -0.115. The Morgan fingerprint density at radius 1 is 1.14 bits per heavy atom. The molecule has 6 nitrogen and oxygen atoms in total. The lowest BCUT2D eigenvalue weighted by Gasteiger charge is -2.13. The maximum Gasteiger partial charge on any atom is 0.237 e. The third-order valence-corrected chi connectivity index (χ3v) is 5.40. The predicted molar refractivity (Wildman–Crippen MR) is 112 cm³/mol. The third-order valence-electron chi connectivity index (χ3n) is 4.34. The second-order valence-electron chi connectivity index (χ2n) is 6.71. The van der Waals surface area contributed by atoms with E-state index in [-0.39, 0.29) is 11.2 Å². The third kappa shape index (κ3) is 4.72. The summed E-state index contributed by atoms with van der Waals surface area (Å²) in [4.78, 5) is 12.6. The maximum absolute atomic E-state index is 12.6. The van der Waals surface area contributed by atoms with Gasteiger partial charge in [-0.2, -0.15) is 0 Å². The van der Waals surface area contributed by atoms with Crippen LogP contribution < -0.4 is 10.1 Å². The van der Waals surface area contributed by atoms with Crippen molar-refractivity contribution in [1.29, 1.82) is 0 Å². The fourth-order valence-electron chi connectivity index (χ4n) is 2.65. The van der Waals surface area contributed by atoms with Crippen molar-refractivity contribution < 1.29 is 9.53 Å². The number of carbonyl (C=O) groups excluding carboxylic acids is 1. The van der Waals surface area contributed by atoms with Crippen LogP contribution in [0.25, 0.3) is 5.69 Å². The SMILES string of the molecule is COc1cccc(-n2cnnc2S[C@H](C)C(=O)Nc2ccc(C(C)C)cc2)c1. The predicted octanol–water partition coefficient (Wildman–Crippen LogP) is 4.52. The van der Waals surface area contributed by atoms with Crippen LogP contribution in [0.1, 0.15) is 32.3 Å². The molecule has 146 valence electrons. The van der Waals surface area contributed by atoms with Gasteiger partial charge in [0, 0.05) is 11.8 Å². The van der Waals surface area contributed by atoms with E-state index in [1.165, 1.54) is 17.3 Å². The Bertz CT molecular complexity index is 938. The van der Waals surface area contributed by atoms with Crippen molar-refractivity contribution >= 4 is 23.4 Å². The molecule has 0 fully saturated rings. The molecule has 0 aliphatic heterocycles. The minimum atomic E-state index is -0.335. The fourth-order valence-corrected chi connectivity index (χ4v) is 3.49. The van der Waals surface area contributed by atoms with Gasteiger partial charge >= 0.3 is 0 Å². The van der Waals surface area contributed by atoms with E-state index in [1.54, 1.807) is 13.4 Å². The quantitative estimate of drug-likeness (QED) is 0.595. The van der Waals surface area contributed by atoms with Crippen LogP contribution >= 0.6 is 11.8 Å². The van der Waals surface area contributed by atoms with Crippen molar-refractivity contribution in [3.05, 3.63) is 60.4 Å². The summed E-state index contributed by atoms with van der Waals surface area (Å²) in [7, 11) is 1.63. The van der Waals surface area contributed by atoms with Crippen molar-refractivity contribution in [2.75, 3.05) is 12.4 Å². The highest BCUT2D eigenvalue weighted by atomic mass is 32.2. The molecular weight excluding hydrogens is 372 g/mol. The van der Waals surface area contributed by atoms with E-state index in [0.717, 1.165) is 17.1 Å². The number of anilines is 1. The molecule has 0 spiro atoms. The van der Waals surface area contributed by atoms with E-state index < -0.39 is 0 Å². The zero-order valence-electron chi connectivity index (χ0n) is 16.4. The van der Waals surface area contributed by atoms with Crippen molar-refractivity contribution in [2.24, 2.45) is 0 Å². The van der Waals surface area contributed by atoms with Crippen LogP contribution in [-0.2, 0) is 4.79 Å². The van der Waals surface area contributed by atoms with Crippen LogP contribution in [0.5, 0.6) is 5.75 Å². The first-order valence-electron chi connectivity index (χ1n) is 9.10. The summed E-state index contributed by atoms with van der Waals surface area (Å²) in [5, 5.41) is 11.4. The summed E-state index contributed by atoms with van der Waals surface area (Å²) < 4.78 is 7.12. The molecule has 0 aliphatic rings. The number of benzene rings is 2. The summed E-state index contributed by atoms with van der Waals surface area (Å²) in [6.45, 7) is 6.14. The van der Waals surface area contributed by atoms with Crippen molar-refractivity contribution in [2.45, 2.75) is 37.1 Å². The average Bonchev–Trinajstić information content (AvgIpc) is 3.16. The molecule has 3 aromatic rings. The Morgan fingerprint density at radius 3 is 2.57 bits per heavy atom. The Morgan fingerprint density at radius 2 is 1.89 bits per heavy atom. The number of thioether (sulfide) groups is 1. The second kappa shape index (κ2) is 8.93. The first kappa shape index (κ1) is 19.9. The van der Waals surface area contributed by atoms with Gasteiger partial charge in [-0.05, 0) is 42.7 Å². The van der Waals surface area contributed by atoms with Gasteiger partial charge in [0.1, 0.15) is 12.1 Å². The van der Waals surface area contributed by atoms with Gasteiger partial charge in [0.2, 0.25) is 5.91 Å². The van der Waals surface area contributed by atoms with Crippen molar-refractivity contribution in [1.82, 2.24) is 14.8 Å². The number of aromatic nitrogens is 3. The van der Waals surface area contributed by atoms with Crippen LogP contribution in [-0.4, -0.2) is 33.0 Å². The number of nitrogens with one attached hydrogen (secondary N) is 1. The average molecular weight is 397 g/mol. The van der Waals surface area contributed by atoms with Crippen LogP contribution in [0.15, 0.2) is 60.0 Å². The summed E-state index contributed by atoms with van der Waals surface area (Å²) in [6, 6.07) is 15.6. The highest BCUT2D eigenvalue weighted by Crippen LogP contribution is 2.26. The van der Waals surface area contributed by atoms with Crippen LogP contribution in [0.4, 0.5) is 5.69 Å². The lowest BCUT2D eigenvalue weighted by Crippen LogP contribution is -2.22. The topological polar surface area (TPSA) is 69.0 Å². The minimum absolute atomic E-state index is 0.0810. The van der Waals surface area contributed by atoms with Gasteiger partial charge in [-0.1, -0.05) is 43.8 Å². The first-order valence-corrected chi connectivity index (χ1v) is 9.98. The van der Waals surface area contributed by atoms with E-state index in [9.17, 15) is 4.79 Å². The molecule has 0 saturated carbocycles. The number of hydrogen-bond acceptors (Lipinski definition) is 5. The van der Waals surface area contributed by atoms with Gasteiger partial charge < -0.3 is 10.1 Å². The number of amides is 1. The molecule has 28 heavy (non-hydrogen) atoms. The molecule has 3 rings (SSSR count). The lowest BCUT2D eigenvalue weighted by atomic mass is 10.0. The summed E-state index contributed by atoms with van der Waals surface area (Å²) in [6.07, 6.45) is 1.63. The standard InChI is InChI=1S/C21H24N4O2S/c1-14(2)16-8-10-17(11-9-16)23-20(26)15(3)28-21-24-22-13-25(21)18-6-5-7-19(12-18)27-4/h5-15H,1-4H3,(H,23,26)/t15-/m1/s1. The largest absolute Gasteiger partial charge is 0.497 e. The second-order valence-corrected chi connectivity index (χ2v) is 8.02. The maximum atomic E-state index is 12.6. The number of hydrogen-bond donors (Lipinski definition) is 1. The molecule has 1 atom stereocenters. The molecule has 2 aromatic carbocycles. The molecule has 0 unspecified atom stereocenters. The van der Waals surface area contributed by atoms with Crippen LogP contribution in [0.2, 0.25) is 0 Å².